The van der Waals surface area contributed by atoms with E-state index in [1.54, 1.807) is 5.32 Å². The molecule has 1 heterocycles. The highest BCUT2D eigenvalue weighted by molar-refractivity contribution is 5.74. The first-order valence-corrected chi connectivity index (χ1v) is 6.95. The summed E-state index contributed by atoms with van der Waals surface area (Å²) in [7, 11) is 0. The first-order chi connectivity index (χ1) is 10.8. The van der Waals surface area contributed by atoms with Crippen LogP contribution in [0.2, 0.25) is 0 Å². The van der Waals surface area contributed by atoms with Crippen molar-refractivity contribution in [3.8, 4) is 0 Å². The topological polar surface area (TPSA) is 50.4 Å². The van der Waals surface area contributed by atoms with Crippen LogP contribution in [0.1, 0.15) is 24.4 Å². The van der Waals surface area contributed by atoms with Gasteiger partial charge in [-0.1, -0.05) is 12.1 Å². The summed E-state index contributed by atoms with van der Waals surface area (Å²) in [5.41, 5.74) is -0.982. The molecule has 0 radical (unpaired) electrons. The fraction of sp³-hybridized carbons (Fsp3) is 0.500. The first-order valence-electron chi connectivity index (χ1n) is 6.95. The summed E-state index contributed by atoms with van der Waals surface area (Å²) in [4.78, 5) is 11.6. The molecule has 1 aromatic rings. The summed E-state index contributed by atoms with van der Waals surface area (Å²) in [6.07, 6.45) is -3.72. The van der Waals surface area contributed by atoms with Gasteiger partial charge in [0.05, 0.1) is 6.10 Å². The van der Waals surface area contributed by atoms with Crippen molar-refractivity contribution in [2.45, 2.75) is 31.2 Å². The minimum absolute atomic E-state index is 0.0437. The van der Waals surface area contributed by atoms with Gasteiger partial charge in [-0.05, 0) is 18.9 Å². The van der Waals surface area contributed by atoms with Crippen molar-refractivity contribution in [1.29, 1.82) is 0 Å². The van der Waals surface area contributed by atoms with Crippen LogP contribution >= 0.6 is 0 Å². The molecule has 4 nitrogen and oxygen atoms in total. The molecule has 2 atom stereocenters. The van der Waals surface area contributed by atoms with E-state index in [2.05, 4.69) is 5.32 Å². The summed E-state index contributed by atoms with van der Waals surface area (Å²) in [6.45, 7) is 0.579. The zero-order valence-corrected chi connectivity index (χ0v) is 11.9. The number of benzene rings is 1. The van der Waals surface area contributed by atoms with E-state index in [9.17, 15) is 26.7 Å². The lowest BCUT2D eigenvalue weighted by atomic mass is 10.1. The highest BCUT2D eigenvalue weighted by Gasteiger charge is 2.43. The number of alkyl halides is 3. The maximum atomic E-state index is 13.6. The number of nitrogens with one attached hydrogen (secondary N) is 2. The number of carbonyl (C=O) groups excluding carboxylic acids is 1. The van der Waals surface area contributed by atoms with Crippen molar-refractivity contribution < 1.29 is 31.5 Å². The van der Waals surface area contributed by atoms with Gasteiger partial charge in [-0.3, -0.25) is 0 Å². The van der Waals surface area contributed by atoms with Crippen LogP contribution in [0.3, 0.4) is 0 Å². The minimum atomic E-state index is -4.98. The second kappa shape index (κ2) is 7.12. The molecule has 0 saturated carbocycles. The van der Waals surface area contributed by atoms with Crippen molar-refractivity contribution in [2.24, 2.45) is 0 Å². The van der Waals surface area contributed by atoms with Gasteiger partial charge < -0.3 is 15.4 Å². The molecule has 0 aliphatic carbocycles. The number of rotatable bonds is 4. The fourth-order valence-corrected chi connectivity index (χ4v) is 2.27. The second-order valence-corrected chi connectivity index (χ2v) is 5.11. The van der Waals surface area contributed by atoms with Gasteiger partial charge in [-0.15, -0.1) is 0 Å². The van der Waals surface area contributed by atoms with E-state index in [4.69, 9.17) is 4.74 Å². The van der Waals surface area contributed by atoms with E-state index < -0.39 is 35.4 Å². The Morgan fingerprint density at radius 2 is 2.09 bits per heavy atom. The van der Waals surface area contributed by atoms with E-state index in [1.165, 1.54) is 0 Å². The summed E-state index contributed by atoms with van der Waals surface area (Å²) in [6, 6.07) is -1.37. The molecule has 0 aromatic heterocycles. The molecule has 0 spiro atoms. The van der Waals surface area contributed by atoms with Gasteiger partial charge >= 0.3 is 12.2 Å². The van der Waals surface area contributed by atoms with Gasteiger partial charge in [0, 0.05) is 18.7 Å². The van der Waals surface area contributed by atoms with Crippen LogP contribution < -0.4 is 10.6 Å². The molecule has 0 unspecified atom stereocenters. The molecular formula is C14H15F5N2O2. The Balaban J connectivity index is 2.06. The van der Waals surface area contributed by atoms with E-state index in [0.29, 0.717) is 19.1 Å². The Bertz CT molecular complexity index is 559. The summed E-state index contributed by atoms with van der Waals surface area (Å²) >= 11 is 0. The monoisotopic (exact) mass is 338 g/mol. The number of ether oxygens (including phenoxy) is 1. The van der Waals surface area contributed by atoms with E-state index in [1.807, 2.05) is 0 Å². The maximum absolute atomic E-state index is 13.6. The highest BCUT2D eigenvalue weighted by Crippen LogP contribution is 2.34. The van der Waals surface area contributed by atoms with Crippen molar-refractivity contribution in [2.75, 3.05) is 13.2 Å². The predicted octanol–water partition coefficient (Wildman–Crippen LogP) is 3.05. The summed E-state index contributed by atoms with van der Waals surface area (Å²) in [5.74, 6) is -3.06. The average Bonchev–Trinajstić information content (AvgIpc) is 2.98. The zero-order chi connectivity index (χ0) is 17.0. The maximum Gasteiger partial charge on any atom is 0.413 e. The Kier molecular flexibility index (Phi) is 5.40. The van der Waals surface area contributed by atoms with Crippen LogP contribution in [0.4, 0.5) is 26.7 Å². The fourth-order valence-electron chi connectivity index (χ4n) is 2.27. The summed E-state index contributed by atoms with van der Waals surface area (Å²) in [5, 5.41) is 3.87. The molecule has 9 heteroatoms. The lowest BCUT2D eigenvalue weighted by Gasteiger charge is -2.23. The van der Waals surface area contributed by atoms with Gasteiger partial charge in [0.2, 0.25) is 0 Å². The standard InChI is InChI=1S/C14H15F5N2O2/c15-10-5-1-4-9(11(10)16)12(14(17,18)19)21-13(22)20-7-8-3-2-6-23-8/h1,4-5,8,12H,2-3,6-7H2,(H2,20,21,22)/t8-,12-/m0/s1. The third kappa shape index (κ3) is 4.54. The second-order valence-electron chi connectivity index (χ2n) is 5.11. The number of urea groups is 1. The number of amides is 2. The minimum Gasteiger partial charge on any atom is -0.376 e. The van der Waals surface area contributed by atoms with Crippen LogP contribution in [0, 0.1) is 11.6 Å². The van der Waals surface area contributed by atoms with Crippen LogP contribution in [-0.2, 0) is 4.74 Å². The molecule has 128 valence electrons. The Morgan fingerprint density at radius 3 is 2.70 bits per heavy atom. The van der Waals surface area contributed by atoms with Crippen LogP contribution in [0.25, 0.3) is 0 Å². The van der Waals surface area contributed by atoms with Gasteiger partial charge in [-0.25, -0.2) is 13.6 Å². The Morgan fingerprint density at radius 1 is 1.35 bits per heavy atom. The van der Waals surface area contributed by atoms with Gasteiger partial charge in [-0.2, -0.15) is 13.2 Å². The average molecular weight is 338 g/mol. The molecule has 2 amide bonds. The molecule has 1 aromatic carbocycles. The van der Waals surface area contributed by atoms with Gasteiger partial charge in [0.1, 0.15) is 0 Å². The van der Waals surface area contributed by atoms with Gasteiger partial charge in [0.15, 0.2) is 17.7 Å². The Hall–Kier alpha value is -1.90. The largest absolute Gasteiger partial charge is 0.413 e. The number of halogens is 5. The number of hydrogen-bond acceptors (Lipinski definition) is 2. The normalized spacial score (nSPS) is 19.4. The summed E-state index contributed by atoms with van der Waals surface area (Å²) < 4.78 is 71.1. The Labute approximate surface area is 129 Å². The molecule has 23 heavy (non-hydrogen) atoms. The molecular weight excluding hydrogens is 323 g/mol. The molecule has 1 fully saturated rings. The first kappa shape index (κ1) is 17.5. The van der Waals surface area contributed by atoms with Crippen molar-refractivity contribution >= 4 is 6.03 Å². The lowest BCUT2D eigenvalue weighted by molar-refractivity contribution is -0.155. The van der Waals surface area contributed by atoms with Gasteiger partial charge in [0.25, 0.3) is 0 Å². The zero-order valence-electron chi connectivity index (χ0n) is 11.9. The number of hydrogen-bond donors (Lipinski definition) is 2. The molecule has 2 rings (SSSR count). The van der Waals surface area contributed by atoms with E-state index in [-0.39, 0.29) is 12.6 Å². The van der Waals surface area contributed by atoms with Crippen LogP contribution in [0.5, 0.6) is 0 Å². The molecule has 2 N–H and O–H groups in total. The smallest absolute Gasteiger partial charge is 0.376 e. The number of carbonyl (C=O) groups is 1. The highest BCUT2D eigenvalue weighted by atomic mass is 19.4. The predicted molar refractivity (Wildman–Crippen MR) is 70.7 cm³/mol. The quantitative estimate of drug-likeness (QED) is 0.829. The molecule has 1 aliphatic rings. The van der Waals surface area contributed by atoms with E-state index in [0.717, 1.165) is 18.6 Å². The van der Waals surface area contributed by atoms with Crippen molar-refractivity contribution in [1.82, 2.24) is 10.6 Å². The molecule has 0 bridgehead atoms. The van der Waals surface area contributed by atoms with E-state index >= 15 is 0 Å². The van der Waals surface area contributed by atoms with Crippen molar-refractivity contribution in [3.63, 3.8) is 0 Å². The third-order valence-electron chi connectivity index (χ3n) is 3.41. The van der Waals surface area contributed by atoms with Crippen LogP contribution in [0.15, 0.2) is 18.2 Å². The lowest BCUT2D eigenvalue weighted by Crippen LogP contribution is -2.45. The SMILES string of the molecule is O=C(NC[C@@H]1CCCO1)N[C@@H](c1cccc(F)c1F)C(F)(F)F. The van der Waals surface area contributed by atoms with Crippen molar-refractivity contribution in [3.05, 3.63) is 35.4 Å². The molecule has 1 aliphatic heterocycles. The molecule has 1 saturated heterocycles. The van der Waals surface area contributed by atoms with Crippen LogP contribution in [-0.4, -0.2) is 31.5 Å². The third-order valence-corrected chi connectivity index (χ3v) is 3.41.